The summed E-state index contributed by atoms with van der Waals surface area (Å²) in [4.78, 5) is 6.89. The molecule has 0 spiro atoms. The van der Waals surface area contributed by atoms with Crippen LogP contribution in [0.2, 0.25) is 0 Å². The van der Waals surface area contributed by atoms with E-state index in [1.807, 2.05) is 18.2 Å². The summed E-state index contributed by atoms with van der Waals surface area (Å²) in [6.45, 7) is 3.42. The number of nitrogens with zero attached hydrogens (tertiary/aromatic N) is 3. The number of sulfonamides is 1. The van der Waals surface area contributed by atoms with Gasteiger partial charge in [0, 0.05) is 38.3 Å². The molecule has 0 radical (unpaired) electrons. The van der Waals surface area contributed by atoms with Gasteiger partial charge in [0.05, 0.1) is 20.3 Å². The lowest BCUT2D eigenvalue weighted by Gasteiger charge is -2.26. The molecule has 1 aromatic heterocycles. The average molecular weight is 404 g/mol. The molecule has 4 rings (SSSR count). The number of benzene rings is 1. The Balaban J connectivity index is 1.44. The second-order valence-corrected chi connectivity index (χ2v) is 9.01. The van der Waals surface area contributed by atoms with Gasteiger partial charge >= 0.3 is 0 Å². The van der Waals surface area contributed by atoms with E-state index in [-0.39, 0.29) is 4.90 Å². The van der Waals surface area contributed by atoms with Gasteiger partial charge in [0.15, 0.2) is 0 Å². The van der Waals surface area contributed by atoms with Crippen molar-refractivity contribution in [3.05, 3.63) is 48.2 Å². The van der Waals surface area contributed by atoms with E-state index in [2.05, 4.69) is 22.0 Å². The number of ether oxygens (including phenoxy) is 2. The molecule has 2 aromatic rings. The van der Waals surface area contributed by atoms with Gasteiger partial charge in [0.2, 0.25) is 10.0 Å². The molecule has 0 amide bonds. The second kappa shape index (κ2) is 8.06. The molecule has 2 aliphatic heterocycles. The lowest BCUT2D eigenvalue weighted by atomic mass is 9.98. The quantitative estimate of drug-likeness (QED) is 0.761. The van der Waals surface area contributed by atoms with Crippen LogP contribution >= 0.6 is 0 Å². The Morgan fingerprint density at radius 3 is 2.46 bits per heavy atom. The first-order valence-electron chi connectivity index (χ1n) is 9.51. The van der Waals surface area contributed by atoms with Crippen molar-refractivity contribution < 1.29 is 17.9 Å². The Kier molecular flexibility index (Phi) is 5.52. The summed E-state index contributed by atoms with van der Waals surface area (Å²) in [7, 11) is -1.83. The predicted molar refractivity (Wildman–Crippen MR) is 106 cm³/mol. The fourth-order valence-electron chi connectivity index (χ4n) is 3.76. The molecule has 0 bridgehead atoms. The standard InChI is InChI=1S/C20H25N3O4S/c1-26-18-4-2-16(3-5-18)17-8-9-22(15-17)20-7-6-19(14-21-20)28(24,25)23-10-12-27-13-11-23/h2-7,14,17H,8-13,15H2,1H3. The molecule has 1 aromatic carbocycles. The Hall–Kier alpha value is -2.16. The molecular weight excluding hydrogens is 378 g/mol. The summed E-state index contributed by atoms with van der Waals surface area (Å²) in [5, 5.41) is 0. The van der Waals surface area contributed by atoms with E-state index in [0.717, 1.165) is 31.1 Å². The van der Waals surface area contributed by atoms with Crippen LogP contribution in [0.1, 0.15) is 17.9 Å². The van der Waals surface area contributed by atoms with Crippen molar-refractivity contribution in [1.29, 1.82) is 0 Å². The SMILES string of the molecule is COc1ccc(C2CCN(c3ccc(S(=O)(=O)N4CCOCC4)cn3)C2)cc1. The molecule has 2 fully saturated rings. The molecule has 8 heteroatoms. The van der Waals surface area contributed by atoms with E-state index in [1.54, 1.807) is 13.2 Å². The Bertz CT molecular complexity index is 894. The van der Waals surface area contributed by atoms with Crippen molar-refractivity contribution in [3.8, 4) is 5.75 Å². The molecule has 150 valence electrons. The van der Waals surface area contributed by atoms with Crippen LogP contribution in [-0.2, 0) is 14.8 Å². The van der Waals surface area contributed by atoms with Crippen LogP contribution < -0.4 is 9.64 Å². The zero-order valence-corrected chi connectivity index (χ0v) is 16.8. The van der Waals surface area contributed by atoms with E-state index in [0.29, 0.717) is 32.2 Å². The third-order valence-electron chi connectivity index (χ3n) is 5.43. The Morgan fingerprint density at radius 1 is 1.07 bits per heavy atom. The first-order valence-corrected chi connectivity index (χ1v) is 10.9. The maximum atomic E-state index is 12.7. The highest BCUT2D eigenvalue weighted by atomic mass is 32.2. The first kappa shape index (κ1) is 19.2. The summed E-state index contributed by atoms with van der Waals surface area (Å²) in [6, 6.07) is 11.7. The van der Waals surface area contributed by atoms with Gasteiger partial charge in [-0.25, -0.2) is 13.4 Å². The average Bonchev–Trinajstić information content (AvgIpc) is 3.25. The smallest absolute Gasteiger partial charge is 0.244 e. The topological polar surface area (TPSA) is 72.0 Å². The minimum absolute atomic E-state index is 0.240. The van der Waals surface area contributed by atoms with E-state index in [4.69, 9.17) is 9.47 Å². The molecule has 1 atom stereocenters. The maximum Gasteiger partial charge on any atom is 0.244 e. The van der Waals surface area contributed by atoms with Crippen LogP contribution in [-0.4, -0.2) is 64.2 Å². The minimum Gasteiger partial charge on any atom is -0.497 e. The second-order valence-electron chi connectivity index (χ2n) is 7.07. The number of aromatic nitrogens is 1. The molecule has 2 saturated heterocycles. The van der Waals surface area contributed by atoms with Crippen LogP contribution in [0.4, 0.5) is 5.82 Å². The summed E-state index contributed by atoms with van der Waals surface area (Å²) in [6.07, 6.45) is 2.52. The number of rotatable bonds is 5. The van der Waals surface area contributed by atoms with Crippen LogP contribution in [0, 0.1) is 0 Å². The molecule has 2 aliphatic rings. The van der Waals surface area contributed by atoms with Crippen molar-refractivity contribution in [2.24, 2.45) is 0 Å². The molecule has 0 saturated carbocycles. The summed E-state index contributed by atoms with van der Waals surface area (Å²) >= 11 is 0. The van der Waals surface area contributed by atoms with Gasteiger partial charge in [0.25, 0.3) is 0 Å². The summed E-state index contributed by atoms with van der Waals surface area (Å²) in [5.74, 6) is 2.11. The molecule has 7 nitrogen and oxygen atoms in total. The van der Waals surface area contributed by atoms with Crippen LogP contribution in [0.25, 0.3) is 0 Å². The number of methoxy groups -OCH3 is 1. The van der Waals surface area contributed by atoms with Crippen molar-refractivity contribution in [3.63, 3.8) is 0 Å². The lowest BCUT2D eigenvalue weighted by molar-refractivity contribution is 0.0730. The van der Waals surface area contributed by atoms with Gasteiger partial charge in [-0.15, -0.1) is 0 Å². The van der Waals surface area contributed by atoms with Gasteiger partial charge in [-0.2, -0.15) is 4.31 Å². The highest BCUT2D eigenvalue weighted by Crippen LogP contribution is 2.31. The lowest BCUT2D eigenvalue weighted by Crippen LogP contribution is -2.40. The Labute approximate surface area is 165 Å². The molecule has 28 heavy (non-hydrogen) atoms. The maximum absolute atomic E-state index is 12.7. The first-order chi connectivity index (χ1) is 13.6. The molecule has 0 N–H and O–H groups in total. The van der Waals surface area contributed by atoms with Crippen molar-refractivity contribution >= 4 is 15.8 Å². The van der Waals surface area contributed by atoms with Gasteiger partial charge < -0.3 is 14.4 Å². The van der Waals surface area contributed by atoms with Gasteiger partial charge in [-0.1, -0.05) is 12.1 Å². The van der Waals surface area contributed by atoms with Gasteiger partial charge in [0.1, 0.15) is 16.5 Å². The third kappa shape index (κ3) is 3.85. The number of morpholine rings is 1. The van der Waals surface area contributed by atoms with Crippen LogP contribution in [0.5, 0.6) is 5.75 Å². The monoisotopic (exact) mass is 403 g/mol. The molecule has 3 heterocycles. The number of pyridine rings is 1. The third-order valence-corrected chi connectivity index (χ3v) is 7.31. The van der Waals surface area contributed by atoms with Crippen molar-refractivity contribution in [2.45, 2.75) is 17.2 Å². The van der Waals surface area contributed by atoms with E-state index >= 15 is 0 Å². The summed E-state index contributed by atoms with van der Waals surface area (Å²) in [5.41, 5.74) is 1.29. The molecule has 1 unspecified atom stereocenters. The predicted octanol–water partition coefficient (Wildman–Crippen LogP) is 2.10. The Morgan fingerprint density at radius 2 is 1.82 bits per heavy atom. The number of hydrogen-bond donors (Lipinski definition) is 0. The van der Waals surface area contributed by atoms with Crippen LogP contribution in [0.3, 0.4) is 0 Å². The van der Waals surface area contributed by atoms with E-state index < -0.39 is 10.0 Å². The largest absolute Gasteiger partial charge is 0.497 e. The zero-order valence-electron chi connectivity index (χ0n) is 16.0. The van der Waals surface area contributed by atoms with Gasteiger partial charge in [-0.05, 0) is 36.2 Å². The van der Waals surface area contributed by atoms with Crippen LogP contribution in [0.15, 0.2) is 47.5 Å². The van der Waals surface area contributed by atoms with E-state index in [9.17, 15) is 8.42 Å². The summed E-state index contributed by atoms with van der Waals surface area (Å²) < 4.78 is 37.4. The molecular formula is C20H25N3O4S. The number of anilines is 1. The van der Waals surface area contributed by atoms with Crippen molar-refractivity contribution in [2.75, 3.05) is 51.4 Å². The van der Waals surface area contributed by atoms with Crippen molar-refractivity contribution in [1.82, 2.24) is 9.29 Å². The van der Waals surface area contributed by atoms with Gasteiger partial charge in [-0.3, -0.25) is 0 Å². The van der Waals surface area contributed by atoms with E-state index in [1.165, 1.54) is 16.1 Å². The molecule has 0 aliphatic carbocycles. The fourth-order valence-corrected chi connectivity index (χ4v) is 5.12. The highest BCUT2D eigenvalue weighted by Gasteiger charge is 2.28. The highest BCUT2D eigenvalue weighted by molar-refractivity contribution is 7.89. The zero-order chi connectivity index (χ0) is 19.6. The fraction of sp³-hybridized carbons (Fsp3) is 0.450. The normalized spacial score (nSPS) is 21.0. The minimum atomic E-state index is -3.50. The number of hydrogen-bond acceptors (Lipinski definition) is 6.